The van der Waals surface area contributed by atoms with E-state index in [9.17, 15) is 0 Å². The number of hydrogen-bond donors (Lipinski definition) is 1. The summed E-state index contributed by atoms with van der Waals surface area (Å²) < 4.78 is 5.97. The highest BCUT2D eigenvalue weighted by molar-refractivity contribution is 9.10. The molecular weight excluding hydrogens is 243 g/mol. The van der Waals surface area contributed by atoms with Crippen molar-refractivity contribution in [3.8, 4) is 5.88 Å². The number of nitrogens with two attached hydrogens (primary N) is 1. The molecule has 5 heteroatoms. The minimum Gasteiger partial charge on any atom is -0.477 e. The van der Waals surface area contributed by atoms with E-state index in [1.54, 1.807) is 12.3 Å². The van der Waals surface area contributed by atoms with E-state index >= 15 is 0 Å². The Bertz CT molecular complexity index is 257. The number of halogens is 2. The van der Waals surface area contributed by atoms with Gasteiger partial charge in [0, 0.05) is 0 Å². The molecule has 0 radical (unpaired) electrons. The largest absolute Gasteiger partial charge is 0.477 e. The second kappa shape index (κ2) is 5.22. The fraction of sp³-hybridized carbons (Fsp3) is 0.286. The van der Waals surface area contributed by atoms with Crippen LogP contribution in [0.1, 0.15) is 6.92 Å². The molecule has 0 aliphatic carbocycles. The summed E-state index contributed by atoms with van der Waals surface area (Å²) in [6, 6.07) is 1.76. The standard InChI is InChI=1S/C7H9BrN2O.ClH/c1-2-11-7-6(8)3-5(9)4-10-7;/h3-4H,2,9H2,1H3;1H. The maximum atomic E-state index is 5.48. The third-order valence-electron chi connectivity index (χ3n) is 1.11. The van der Waals surface area contributed by atoms with Crippen LogP contribution in [-0.2, 0) is 0 Å². The molecule has 1 heterocycles. The van der Waals surface area contributed by atoms with Gasteiger partial charge < -0.3 is 10.5 Å². The fourth-order valence-electron chi connectivity index (χ4n) is 0.683. The monoisotopic (exact) mass is 252 g/mol. The first-order chi connectivity index (χ1) is 5.24. The van der Waals surface area contributed by atoms with E-state index in [-0.39, 0.29) is 12.4 Å². The van der Waals surface area contributed by atoms with Gasteiger partial charge in [0.05, 0.1) is 23.0 Å². The van der Waals surface area contributed by atoms with Crippen molar-refractivity contribution < 1.29 is 4.74 Å². The lowest BCUT2D eigenvalue weighted by molar-refractivity contribution is 0.324. The molecule has 1 aromatic heterocycles. The SMILES string of the molecule is CCOc1ncc(N)cc1Br.Cl. The molecule has 0 unspecified atom stereocenters. The van der Waals surface area contributed by atoms with Crippen LogP contribution < -0.4 is 10.5 Å². The highest BCUT2D eigenvalue weighted by atomic mass is 79.9. The van der Waals surface area contributed by atoms with Gasteiger partial charge in [-0.1, -0.05) is 0 Å². The van der Waals surface area contributed by atoms with Crippen molar-refractivity contribution in [2.45, 2.75) is 6.92 Å². The van der Waals surface area contributed by atoms with Gasteiger partial charge >= 0.3 is 0 Å². The van der Waals surface area contributed by atoms with Crippen LogP contribution in [-0.4, -0.2) is 11.6 Å². The van der Waals surface area contributed by atoms with Crippen molar-refractivity contribution in [1.82, 2.24) is 4.98 Å². The van der Waals surface area contributed by atoms with Crippen LogP contribution in [0.3, 0.4) is 0 Å². The van der Waals surface area contributed by atoms with Crippen molar-refractivity contribution in [3.63, 3.8) is 0 Å². The molecular formula is C7H10BrClN2O. The number of anilines is 1. The lowest BCUT2D eigenvalue weighted by Crippen LogP contribution is -1.96. The Labute approximate surface area is 85.9 Å². The third kappa shape index (κ3) is 2.87. The number of rotatable bonds is 2. The van der Waals surface area contributed by atoms with Crippen LogP contribution in [0.2, 0.25) is 0 Å². The molecule has 0 aliphatic rings. The summed E-state index contributed by atoms with van der Waals surface area (Å²) in [5.41, 5.74) is 6.10. The van der Waals surface area contributed by atoms with Gasteiger partial charge in [-0.05, 0) is 28.9 Å². The van der Waals surface area contributed by atoms with E-state index in [4.69, 9.17) is 10.5 Å². The first-order valence-electron chi connectivity index (χ1n) is 3.28. The quantitative estimate of drug-likeness (QED) is 0.879. The van der Waals surface area contributed by atoms with E-state index in [0.717, 1.165) is 4.47 Å². The molecule has 1 aromatic rings. The molecule has 0 bridgehead atoms. The van der Waals surface area contributed by atoms with Gasteiger partial charge in [0.1, 0.15) is 0 Å². The lowest BCUT2D eigenvalue weighted by Gasteiger charge is -2.03. The minimum atomic E-state index is 0. The van der Waals surface area contributed by atoms with Crippen molar-refractivity contribution in [3.05, 3.63) is 16.7 Å². The van der Waals surface area contributed by atoms with Gasteiger partial charge in [0.15, 0.2) is 0 Å². The zero-order chi connectivity index (χ0) is 8.27. The lowest BCUT2D eigenvalue weighted by atomic mass is 10.4. The Morgan fingerprint density at radius 2 is 2.33 bits per heavy atom. The van der Waals surface area contributed by atoms with Crippen molar-refractivity contribution in [2.24, 2.45) is 0 Å². The summed E-state index contributed by atoms with van der Waals surface area (Å²) in [4.78, 5) is 3.97. The molecule has 12 heavy (non-hydrogen) atoms. The molecule has 2 N–H and O–H groups in total. The zero-order valence-corrected chi connectivity index (χ0v) is 8.98. The Hall–Kier alpha value is -0.480. The molecule has 0 aliphatic heterocycles. The molecule has 0 aromatic carbocycles. The average molecular weight is 254 g/mol. The molecule has 0 fully saturated rings. The molecule has 0 saturated heterocycles. The fourth-order valence-corrected chi connectivity index (χ4v) is 1.16. The molecule has 3 nitrogen and oxygen atoms in total. The highest BCUT2D eigenvalue weighted by Gasteiger charge is 2.00. The Kier molecular flexibility index (Phi) is 5.01. The van der Waals surface area contributed by atoms with Crippen molar-refractivity contribution in [2.75, 3.05) is 12.3 Å². The Balaban J connectivity index is 0.00000121. The number of hydrogen-bond acceptors (Lipinski definition) is 3. The van der Waals surface area contributed by atoms with E-state index in [1.165, 1.54) is 0 Å². The highest BCUT2D eigenvalue weighted by Crippen LogP contribution is 2.23. The molecule has 0 saturated carbocycles. The Morgan fingerprint density at radius 3 is 2.83 bits per heavy atom. The van der Waals surface area contributed by atoms with Gasteiger partial charge in [0.25, 0.3) is 0 Å². The van der Waals surface area contributed by atoms with Crippen LogP contribution in [0.5, 0.6) is 5.88 Å². The zero-order valence-electron chi connectivity index (χ0n) is 6.58. The Morgan fingerprint density at radius 1 is 1.67 bits per heavy atom. The van der Waals surface area contributed by atoms with E-state index in [0.29, 0.717) is 18.2 Å². The molecule has 0 amide bonds. The van der Waals surface area contributed by atoms with Gasteiger partial charge in [0.2, 0.25) is 5.88 Å². The average Bonchev–Trinajstić information content (AvgIpc) is 1.95. The summed E-state index contributed by atoms with van der Waals surface area (Å²) >= 11 is 3.28. The number of pyridine rings is 1. The third-order valence-corrected chi connectivity index (χ3v) is 1.68. The smallest absolute Gasteiger partial charge is 0.228 e. The van der Waals surface area contributed by atoms with Gasteiger partial charge in [-0.2, -0.15) is 0 Å². The first kappa shape index (κ1) is 11.5. The summed E-state index contributed by atoms with van der Waals surface area (Å²) in [5, 5.41) is 0. The van der Waals surface area contributed by atoms with Crippen LogP contribution >= 0.6 is 28.3 Å². The van der Waals surface area contributed by atoms with Crippen molar-refractivity contribution >= 4 is 34.0 Å². The molecule has 1 rings (SSSR count). The second-order valence-corrected chi connectivity index (χ2v) is 2.84. The van der Waals surface area contributed by atoms with Gasteiger partial charge in [-0.15, -0.1) is 12.4 Å². The van der Waals surface area contributed by atoms with E-state index in [1.807, 2.05) is 6.92 Å². The number of aromatic nitrogens is 1. The van der Waals surface area contributed by atoms with Crippen LogP contribution in [0.4, 0.5) is 5.69 Å². The predicted molar refractivity (Wildman–Crippen MR) is 54.8 cm³/mol. The number of ether oxygens (including phenoxy) is 1. The molecule has 0 atom stereocenters. The summed E-state index contributed by atoms with van der Waals surface area (Å²) in [5.74, 6) is 0.585. The topological polar surface area (TPSA) is 48.1 Å². The predicted octanol–water partition coefficient (Wildman–Crippen LogP) is 2.25. The van der Waals surface area contributed by atoms with Crippen molar-refractivity contribution in [1.29, 1.82) is 0 Å². The van der Waals surface area contributed by atoms with Gasteiger partial charge in [-0.25, -0.2) is 4.98 Å². The van der Waals surface area contributed by atoms with E-state index in [2.05, 4.69) is 20.9 Å². The number of nitrogens with zero attached hydrogens (tertiary/aromatic N) is 1. The second-order valence-electron chi connectivity index (χ2n) is 1.99. The normalized spacial score (nSPS) is 8.83. The summed E-state index contributed by atoms with van der Waals surface area (Å²) in [7, 11) is 0. The van der Waals surface area contributed by atoms with Crippen LogP contribution in [0.15, 0.2) is 16.7 Å². The minimum absolute atomic E-state index is 0. The molecule has 68 valence electrons. The summed E-state index contributed by atoms with van der Waals surface area (Å²) in [6.45, 7) is 2.51. The van der Waals surface area contributed by atoms with Gasteiger partial charge in [-0.3, -0.25) is 0 Å². The number of nitrogen functional groups attached to an aromatic ring is 1. The van der Waals surface area contributed by atoms with Crippen LogP contribution in [0, 0.1) is 0 Å². The maximum absolute atomic E-state index is 5.48. The molecule has 0 spiro atoms. The summed E-state index contributed by atoms with van der Waals surface area (Å²) in [6.07, 6.45) is 1.57. The maximum Gasteiger partial charge on any atom is 0.228 e. The first-order valence-corrected chi connectivity index (χ1v) is 4.07. The van der Waals surface area contributed by atoms with Crippen LogP contribution in [0.25, 0.3) is 0 Å². The van der Waals surface area contributed by atoms with E-state index < -0.39 is 0 Å².